The van der Waals surface area contributed by atoms with E-state index in [1.54, 1.807) is 18.3 Å². The van der Waals surface area contributed by atoms with Gasteiger partial charge in [0.05, 0.1) is 0 Å². The zero-order valence-corrected chi connectivity index (χ0v) is 16.5. The zero-order valence-electron chi connectivity index (χ0n) is 16.5. The van der Waals surface area contributed by atoms with Gasteiger partial charge in [-0.1, -0.05) is 44.2 Å². The fourth-order valence-electron chi connectivity index (χ4n) is 4.33. The van der Waals surface area contributed by atoms with Gasteiger partial charge in [-0.05, 0) is 36.1 Å². The van der Waals surface area contributed by atoms with E-state index >= 15 is 0 Å². The molecule has 1 amide bonds. The summed E-state index contributed by atoms with van der Waals surface area (Å²) in [6.45, 7) is 0.894. The van der Waals surface area contributed by atoms with Crippen LogP contribution < -0.4 is 5.73 Å². The Morgan fingerprint density at radius 2 is 1.97 bits per heavy atom. The number of fused-ring (bicyclic) bond motifs is 1. The summed E-state index contributed by atoms with van der Waals surface area (Å²) in [5.74, 6) is 0.547. The SMILES string of the molecule is N#Cc1ncc2cc(Cc3ccc(C(N)=O)cc3)n(CCC3CCCCC3)c2n1. The van der Waals surface area contributed by atoms with Crippen molar-refractivity contribution in [1.82, 2.24) is 14.5 Å². The number of nitrogens with two attached hydrogens (primary N) is 1. The van der Waals surface area contributed by atoms with Gasteiger partial charge in [0.25, 0.3) is 0 Å². The number of amides is 1. The second-order valence-electron chi connectivity index (χ2n) is 7.90. The van der Waals surface area contributed by atoms with Gasteiger partial charge in [-0.3, -0.25) is 4.79 Å². The van der Waals surface area contributed by atoms with Gasteiger partial charge >= 0.3 is 0 Å². The van der Waals surface area contributed by atoms with Gasteiger partial charge in [0.15, 0.2) is 0 Å². The van der Waals surface area contributed by atoms with Crippen molar-refractivity contribution in [2.75, 3.05) is 0 Å². The lowest BCUT2D eigenvalue weighted by atomic mass is 9.87. The molecule has 4 rings (SSSR count). The Morgan fingerprint density at radius 1 is 1.21 bits per heavy atom. The number of primary amides is 1. The number of carbonyl (C=O) groups excluding carboxylic acids is 1. The first-order chi connectivity index (χ1) is 14.1. The van der Waals surface area contributed by atoms with Gasteiger partial charge in [-0.15, -0.1) is 0 Å². The third kappa shape index (κ3) is 4.29. The standard InChI is InChI=1S/C23H25N5O/c24-14-21-26-15-19-13-20(12-17-6-8-18(9-7-17)22(25)29)28(23(19)27-21)11-10-16-4-2-1-3-5-16/h6-9,13,15-16H,1-5,10-12H2,(H2,25,29). The van der Waals surface area contributed by atoms with Crippen molar-refractivity contribution in [1.29, 1.82) is 5.26 Å². The van der Waals surface area contributed by atoms with Crippen LogP contribution in [0.1, 0.15) is 66.0 Å². The summed E-state index contributed by atoms with van der Waals surface area (Å²) >= 11 is 0. The van der Waals surface area contributed by atoms with Crippen LogP contribution in [0.4, 0.5) is 0 Å². The molecule has 0 bridgehead atoms. The number of aryl methyl sites for hydroxylation is 1. The Morgan fingerprint density at radius 3 is 2.66 bits per heavy atom. The van der Waals surface area contributed by atoms with Gasteiger partial charge in [0.1, 0.15) is 11.7 Å². The van der Waals surface area contributed by atoms with Gasteiger partial charge in [0, 0.05) is 35.8 Å². The van der Waals surface area contributed by atoms with E-state index in [-0.39, 0.29) is 5.82 Å². The minimum atomic E-state index is -0.419. The van der Waals surface area contributed by atoms with E-state index in [1.165, 1.54) is 32.1 Å². The molecule has 2 aromatic heterocycles. The van der Waals surface area contributed by atoms with E-state index in [1.807, 2.05) is 18.2 Å². The maximum atomic E-state index is 11.3. The van der Waals surface area contributed by atoms with E-state index in [0.29, 0.717) is 5.56 Å². The van der Waals surface area contributed by atoms with Crippen LogP contribution in [0, 0.1) is 17.2 Å². The fraction of sp³-hybridized carbons (Fsp3) is 0.391. The van der Waals surface area contributed by atoms with Crippen molar-refractivity contribution in [3.05, 3.63) is 59.2 Å². The van der Waals surface area contributed by atoms with Gasteiger partial charge < -0.3 is 10.3 Å². The lowest BCUT2D eigenvalue weighted by Gasteiger charge is -2.22. The number of carbonyl (C=O) groups is 1. The summed E-state index contributed by atoms with van der Waals surface area (Å²) in [6.07, 6.45) is 10.2. The van der Waals surface area contributed by atoms with Crippen LogP contribution in [0.2, 0.25) is 0 Å². The first-order valence-electron chi connectivity index (χ1n) is 10.3. The molecule has 6 nitrogen and oxygen atoms in total. The second-order valence-corrected chi connectivity index (χ2v) is 7.90. The topological polar surface area (TPSA) is 97.6 Å². The van der Waals surface area contributed by atoms with E-state index in [0.717, 1.165) is 47.6 Å². The Hall–Kier alpha value is -3.20. The number of nitrogens with zero attached hydrogens (tertiary/aromatic N) is 4. The smallest absolute Gasteiger partial charge is 0.248 e. The largest absolute Gasteiger partial charge is 0.366 e. The van der Waals surface area contributed by atoms with E-state index < -0.39 is 5.91 Å². The first kappa shape index (κ1) is 19.1. The van der Waals surface area contributed by atoms with Crippen molar-refractivity contribution < 1.29 is 4.79 Å². The van der Waals surface area contributed by atoms with Crippen molar-refractivity contribution in [2.45, 2.75) is 51.5 Å². The molecule has 1 aliphatic rings. The molecular formula is C23H25N5O. The summed E-state index contributed by atoms with van der Waals surface area (Å²) in [5, 5.41) is 10.2. The van der Waals surface area contributed by atoms with Crippen LogP contribution in [0.5, 0.6) is 0 Å². The fourth-order valence-corrected chi connectivity index (χ4v) is 4.33. The minimum absolute atomic E-state index is 0.201. The van der Waals surface area contributed by atoms with Crippen molar-refractivity contribution >= 4 is 16.9 Å². The lowest BCUT2D eigenvalue weighted by molar-refractivity contribution is 0.100. The highest BCUT2D eigenvalue weighted by Crippen LogP contribution is 2.28. The van der Waals surface area contributed by atoms with Crippen LogP contribution in [0.25, 0.3) is 11.0 Å². The number of benzene rings is 1. The molecule has 0 saturated heterocycles. The number of hydrogen-bond donors (Lipinski definition) is 1. The summed E-state index contributed by atoms with van der Waals surface area (Å²) in [7, 11) is 0. The summed E-state index contributed by atoms with van der Waals surface area (Å²) in [6, 6.07) is 11.6. The number of nitriles is 1. The van der Waals surface area contributed by atoms with Crippen molar-refractivity contribution in [2.24, 2.45) is 11.7 Å². The summed E-state index contributed by atoms with van der Waals surface area (Å²) < 4.78 is 2.24. The van der Waals surface area contributed by atoms with Gasteiger partial charge in [-0.2, -0.15) is 5.26 Å². The monoisotopic (exact) mass is 387 g/mol. The maximum Gasteiger partial charge on any atom is 0.248 e. The highest BCUT2D eigenvalue weighted by molar-refractivity contribution is 5.92. The molecule has 0 atom stereocenters. The van der Waals surface area contributed by atoms with Crippen LogP contribution >= 0.6 is 0 Å². The Bertz CT molecular complexity index is 1060. The molecule has 6 heteroatoms. The maximum absolute atomic E-state index is 11.3. The lowest BCUT2D eigenvalue weighted by Crippen LogP contribution is -2.12. The van der Waals surface area contributed by atoms with Crippen LogP contribution in [0.3, 0.4) is 0 Å². The molecule has 0 spiro atoms. The van der Waals surface area contributed by atoms with Gasteiger partial charge in [0.2, 0.25) is 11.7 Å². The number of rotatable bonds is 6. The molecular weight excluding hydrogens is 362 g/mol. The van der Waals surface area contributed by atoms with Crippen LogP contribution in [-0.4, -0.2) is 20.4 Å². The molecule has 1 aliphatic carbocycles. The molecule has 29 heavy (non-hydrogen) atoms. The molecule has 1 aromatic carbocycles. The van der Waals surface area contributed by atoms with Crippen molar-refractivity contribution in [3.63, 3.8) is 0 Å². The molecule has 1 fully saturated rings. The Kier molecular flexibility index (Phi) is 5.57. The second kappa shape index (κ2) is 8.44. The predicted molar refractivity (Wildman–Crippen MR) is 111 cm³/mol. The molecule has 0 aliphatic heterocycles. The third-order valence-corrected chi connectivity index (χ3v) is 5.93. The van der Waals surface area contributed by atoms with E-state index in [2.05, 4.69) is 20.6 Å². The van der Waals surface area contributed by atoms with Crippen LogP contribution in [-0.2, 0) is 13.0 Å². The Labute approximate surface area is 170 Å². The minimum Gasteiger partial charge on any atom is -0.366 e. The highest BCUT2D eigenvalue weighted by Gasteiger charge is 2.17. The van der Waals surface area contributed by atoms with E-state index in [9.17, 15) is 10.1 Å². The third-order valence-electron chi connectivity index (χ3n) is 5.93. The number of aromatic nitrogens is 3. The highest BCUT2D eigenvalue weighted by atomic mass is 16.1. The molecule has 148 valence electrons. The van der Waals surface area contributed by atoms with E-state index in [4.69, 9.17) is 5.73 Å². The Balaban J connectivity index is 1.64. The molecule has 1 saturated carbocycles. The quantitative estimate of drug-likeness (QED) is 0.692. The van der Waals surface area contributed by atoms with Gasteiger partial charge in [-0.25, -0.2) is 9.97 Å². The zero-order chi connectivity index (χ0) is 20.2. The van der Waals surface area contributed by atoms with Crippen molar-refractivity contribution in [3.8, 4) is 6.07 Å². The normalized spacial score (nSPS) is 14.7. The number of hydrogen-bond acceptors (Lipinski definition) is 4. The molecule has 2 heterocycles. The molecule has 0 unspecified atom stereocenters. The summed E-state index contributed by atoms with van der Waals surface area (Å²) in [4.78, 5) is 19.9. The predicted octanol–water partition coefficient (Wildman–Crippen LogP) is 3.96. The van der Waals surface area contributed by atoms with Crippen LogP contribution in [0.15, 0.2) is 36.5 Å². The summed E-state index contributed by atoms with van der Waals surface area (Å²) in [5.41, 5.74) is 8.93. The molecule has 2 N–H and O–H groups in total. The first-order valence-corrected chi connectivity index (χ1v) is 10.3. The molecule has 3 aromatic rings. The molecule has 0 radical (unpaired) electrons. The average molecular weight is 387 g/mol. The average Bonchev–Trinajstić information content (AvgIpc) is 3.09.